The molecule has 6 nitrogen and oxygen atoms in total. The fraction of sp³-hybridized carbons (Fsp3) is 0.882. The second kappa shape index (κ2) is 11.1. The van der Waals surface area contributed by atoms with Gasteiger partial charge in [0.15, 0.2) is 5.96 Å². The molecule has 1 aliphatic heterocycles. The number of rotatable bonds is 5. The monoisotopic (exact) mass is 454 g/mol. The lowest BCUT2D eigenvalue weighted by molar-refractivity contribution is -0.152. The van der Waals surface area contributed by atoms with Crippen LogP contribution in [0.4, 0.5) is 0 Å². The number of guanidine groups is 1. The first-order chi connectivity index (χ1) is 10.7. The summed E-state index contributed by atoms with van der Waals surface area (Å²) in [7, 11) is 0. The largest absolute Gasteiger partial charge is 0.459 e. The highest BCUT2D eigenvalue weighted by Crippen LogP contribution is 2.08. The summed E-state index contributed by atoms with van der Waals surface area (Å²) in [6.45, 7) is 18.1. The molecular weight excluding hydrogens is 419 g/mol. The molecule has 0 aromatic heterocycles. The van der Waals surface area contributed by atoms with Crippen molar-refractivity contribution in [3.63, 3.8) is 0 Å². The summed E-state index contributed by atoms with van der Waals surface area (Å²) in [6.07, 6.45) is 0. The Bertz CT molecular complexity index is 400. The number of hydrogen-bond donors (Lipinski definition) is 1. The Kier molecular flexibility index (Phi) is 10.9. The number of piperazine rings is 1. The molecule has 1 fully saturated rings. The highest BCUT2D eigenvalue weighted by molar-refractivity contribution is 14.0. The van der Waals surface area contributed by atoms with Crippen molar-refractivity contribution in [1.82, 2.24) is 15.1 Å². The predicted octanol–water partition coefficient (Wildman–Crippen LogP) is 2.19. The highest BCUT2D eigenvalue weighted by Gasteiger charge is 2.21. The van der Waals surface area contributed by atoms with Gasteiger partial charge in [-0.1, -0.05) is 13.8 Å². The number of carbonyl (C=O) groups is 1. The van der Waals surface area contributed by atoms with Crippen molar-refractivity contribution in [3.05, 3.63) is 0 Å². The molecule has 1 rings (SSSR count). The molecule has 24 heavy (non-hydrogen) atoms. The lowest BCUT2D eigenvalue weighted by Crippen LogP contribution is -2.53. The first-order valence-corrected chi connectivity index (χ1v) is 8.68. The summed E-state index contributed by atoms with van der Waals surface area (Å²) in [4.78, 5) is 21.0. The normalized spacial score (nSPS) is 16.8. The van der Waals surface area contributed by atoms with E-state index in [1.807, 2.05) is 27.7 Å². The third-order valence-electron chi connectivity index (χ3n) is 3.41. The molecule has 0 aromatic carbocycles. The fourth-order valence-corrected chi connectivity index (χ4v) is 2.60. The molecule has 1 aliphatic rings. The summed E-state index contributed by atoms with van der Waals surface area (Å²) in [5.74, 6) is 1.21. The third kappa shape index (κ3) is 9.66. The van der Waals surface area contributed by atoms with Crippen LogP contribution < -0.4 is 5.32 Å². The van der Waals surface area contributed by atoms with Gasteiger partial charge in [0.2, 0.25) is 0 Å². The molecule has 0 aliphatic carbocycles. The van der Waals surface area contributed by atoms with Crippen LogP contribution in [0.25, 0.3) is 0 Å². The van der Waals surface area contributed by atoms with E-state index in [4.69, 9.17) is 4.74 Å². The van der Waals surface area contributed by atoms with Crippen molar-refractivity contribution < 1.29 is 9.53 Å². The molecule has 0 unspecified atom stereocenters. The zero-order valence-electron chi connectivity index (χ0n) is 16.1. The van der Waals surface area contributed by atoms with Gasteiger partial charge in [0.05, 0.1) is 0 Å². The van der Waals surface area contributed by atoms with Crippen molar-refractivity contribution in [1.29, 1.82) is 0 Å². The third-order valence-corrected chi connectivity index (χ3v) is 3.41. The van der Waals surface area contributed by atoms with Crippen LogP contribution in [0.5, 0.6) is 0 Å². The van der Waals surface area contributed by atoms with Crippen molar-refractivity contribution in [2.75, 3.05) is 45.8 Å². The van der Waals surface area contributed by atoms with Crippen molar-refractivity contribution in [2.45, 2.75) is 47.1 Å². The van der Waals surface area contributed by atoms with Crippen LogP contribution in [0.15, 0.2) is 4.99 Å². The molecule has 7 heteroatoms. The molecule has 1 saturated heterocycles. The van der Waals surface area contributed by atoms with Crippen LogP contribution in [0.1, 0.15) is 41.5 Å². The number of halogens is 1. The van der Waals surface area contributed by atoms with Gasteiger partial charge >= 0.3 is 5.97 Å². The van der Waals surface area contributed by atoms with E-state index in [9.17, 15) is 4.79 Å². The molecule has 1 N–H and O–H groups in total. The zero-order valence-corrected chi connectivity index (χ0v) is 18.4. The Hall–Kier alpha value is -0.570. The van der Waals surface area contributed by atoms with E-state index in [1.165, 1.54) is 0 Å². The van der Waals surface area contributed by atoms with Gasteiger partial charge in [-0.05, 0) is 33.6 Å². The number of hydrogen-bond acceptors (Lipinski definition) is 4. The summed E-state index contributed by atoms with van der Waals surface area (Å²) in [6, 6.07) is 0. The Morgan fingerprint density at radius 2 is 1.79 bits per heavy atom. The maximum Gasteiger partial charge on any atom is 0.328 e. The Labute approximate surface area is 164 Å². The molecule has 0 radical (unpaired) electrons. The van der Waals surface area contributed by atoms with E-state index >= 15 is 0 Å². The number of ether oxygens (including phenoxy) is 1. The molecule has 0 aromatic rings. The van der Waals surface area contributed by atoms with E-state index in [-0.39, 0.29) is 36.5 Å². The minimum Gasteiger partial charge on any atom is -0.459 e. The first kappa shape index (κ1) is 23.4. The van der Waals surface area contributed by atoms with E-state index < -0.39 is 5.60 Å². The first-order valence-electron chi connectivity index (χ1n) is 8.68. The Morgan fingerprint density at radius 3 is 2.25 bits per heavy atom. The minimum absolute atomic E-state index is 0. The fourth-order valence-electron chi connectivity index (χ4n) is 2.60. The second-order valence-electron chi connectivity index (χ2n) is 7.44. The van der Waals surface area contributed by atoms with Gasteiger partial charge in [0, 0.05) is 39.3 Å². The average Bonchev–Trinajstić information content (AvgIpc) is 2.42. The second-order valence-corrected chi connectivity index (χ2v) is 7.44. The quantitative estimate of drug-likeness (QED) is 0.299. The van der Waals surface area contributed by atoms with Crippen LogP contribution in [-0.4, -0.2) is 73.1 Å². The van der Waals surface area contributed by atoms with Crippen LogP contribution in [-0.2, 0) is 9.53 Å². The smallest absolute Gasteiger partial charge is 0.328 e. The van der Waals surface area contributed by atoms with Crippen LogP contribution in [0.2, 0.25) is 0 Å². The van der Waals surface area contributed by atoms with Crippen LogP contribution >= 0.6 is 24.0 Å². The van der Waals surface area contributed by atoms with Gasteiger partial charge in [-0.3, -0.25) is 9.69 Å². The Balaban J connectivity index is 0.00000529. The SMILES string of the molecule is CCNC(=NCC(=O)OC(C)(C)C)N1CCN(CC(C)C)CC1.I. The molecule has 0 spiro atoms. The molecule has 0 atom stereocenters. The summed E-state index contributed by atoms with van der Waals surface area (Å²) in [5.41, 5.74) is -0.465. The van der Waals surface area contributed by atoms with E-state index in [2.05, 4.69) is 34.0 Å². The van der Waals surface area contributed by atoms with E-state index in [0.29, 0.717) is 5.92 Å². The lowest BCUT2D eigenvalue weighted by atomic mass is 10.2. The van der Waals surface area contributed by atoms with Crippen LogP contribution in [0.3, 0.4) is 0 Å². The molecule has 0 bridgehead atoms. The maximum atomic E-state index is 11.8. The van der Waals surface area contributed by atoms with Crippen molar-refractivity contribution >= 4 is 35.9 Å². The number of aliphatic imine (C=N–C) groups is 1. The Morgan fingerprint density at radius 1 is 1.21 bits per heavy atom. The van der Waals surface area contributed by atoms with Gasteiger partial charge in [-0.25, -0.2) is 4.99 Å². The van der Waals surface area contributed by atoms with Gasteiger partial charge in [-0.15, -0.1) is 24.0 Å². The van der Waals surface area contributed by atoms with Crippen molar-refractivity contribution in [3.8, 4) is 0 Å². The van der Waals surface area contributed by atoms with Gasteiger partial charge in [-0.2, -0.15) is 0 Å². The lowest BCUT2D eigenvalue weighted by Gasteiger charge is -2.37. The van der Waals surface area contributed by atoms with Gasteiger partial charge < -0.3 is 15.0 Å². The zero-order chi connectivity index (χ0) is 17.5. The van der Waals surface area contributed by atoms with Crippen molar-refractivity contribution in [2.24, 2.45) is 10.9 Å². The standard InChI is InChI=1S/C17H34N4O2.HI/c1-7-18-16(19-12-15(22)23-17(4,5)6)21-10-8-20(9-11-21)13-14(2)3;/h14H,7-13H2,1-6H3,(H,18,19);1H. The highest BCUT2D eigenvalue weighted by atomic mass is 127. The summed E-state index contributed by atoms with van der Waals surface area (Å²) >= 11 is 0. The van der Waals surface area contributed by atoms with E-state index in [1.54, 1.807) is 0 Å². The van der Waals surface area contributed by atoms with Crippen LogP contribution in [0, 0.1) is 5.92 Å². The molecule has 1 heterocycles. The topological polar surface area (TPSA) is 57.2 Å². The number of nitrogens with zero attached hydrogens (tertiary/aromatic N) is 3. The van der Waals surface area contributed by atoms with Gasteiger partial charge in [0.25, 0.3) is 0 Å². The molecular formula is C17H35IN4O2. The molecule has 0 amide bonds. The summed E-state index contributed by atoms with van der Waals surface area (Å²) in [5, 5.41) is 3.28. The minimum atomic E-state index is -0.465. The average molecular weight is 454 g/mol. The summed E-state index contributed by atoms with van der Waals surface area (Å²) < 4.78 is 5.31. The predicted molar refractivity (Wildman–Crippen MR) is 110 cm³/mol. The number of nitrogens with one attached hydrogen (secondary N) is 1. The number of esters is 1. The molecule has 0 saturated carbocycles. The number of carbonyl (C=O) groups excluding carboxylic acids is 1. The van der Waals surface area contributed by atoms with E-state index in [0.717, 1.165) is 45.2 Å². The van der Waals surface area contributed by atoms with Gasteiger partial charge in [0.1, 0.15) is 12.1 Å². The maximum absolute atomic E-state index is 11.8. The molecule has 142 valence electrons.